The predicted molar refractivity (Wildman–Crippen MR) is 76.6 cm³/mol. The minimum absolute atomic E-state index is 0.0120. The van der Waals surface area contributed by atoms with Gasteiger partial charge >= 0.3 is 0 Å². The SMILES string of the molecule is OCc1ccc(Oc2cc(Cl)cc(Cl)c2)c(Br)c1. The molecule has 0 fully saturated rings. The summed E-state index contributed by atoms with van der Waals surface area (Å²) in [5.41, 5.74) is 0.804. The molecule has 0 aliphatic heterocycles. The first-order chi connectivity index (χ1) is 8.58. The minimum atomic E-state index is -0.0120. The van der Waals surface area contributed by atoms with Gasteiger partial charge in [-0.05, 0) is 51.8 Å². The number of benzene rings is 2. The third-order valence-corrected chi connectivity index (χ3v) is 3.30. The van der Waals surface area contributed by atoms with Crippen LogP contribution < -0.4 is 4.74 Å². The van der Waals surface area contributed by atoms with Crippen molar-refractivity contribution in [2.45, 2.75) is 6.61 Å². The van der Waals surface area contributed by atoms with Crippen molar-refractivity contribution < 1.29 is 9.84 Å². The van der Waals surface area contributed by atoms with E-state index < -0.39 is 0 Å². The molecule has 0 atom stereocenters. The summed E-state index contributed by atoms with van der Waals surface area (Å²) in [6, 6.07) is 10.3. The van der Waals surface area contributed by atoms with Gasteiger partial charge in [0.25, 0.3) is 0 Å². The fraction of sp³-hybridized carbons (Fsp3) is 0.0769. The van der Waals surface area contributed by atoms with E-state index >= 15 is 0 Å². The monoisotopic (exact) mass is 346 g/mol. The lowest BCUT2D eigenvalue weighted by Gasteiger charge is -2.09. The molecule has 0 amide bonds. The average Bonchev–Trinajstić information content (AvgIpc) is 2.30. The molecule has 2 aromatic rings. The van der Waals surface area contributed by atoms with E-state index in [0.717, 1.165) is 10.0 Å². The molecule has 0 aromatic heterocycles. The van der Waals surface area contributed by atoms with E-state index in [1.54, 1.807) is 36.4 Å². The number of hydrogen-bond acceptors (Lipinski definition) is 2. The van der Waals surface area contributed by atoms with Crippen molar-refractivity contribution in [2.24, 2.45) is 0 Å². The van der Waals surface area contributed by atoms with Crippen molar-refractivity contribution in [1.29, 1.82) is 0 Å². The molecule has 0 saturated heterocycles. The van der Waals surface area contributed by atoms with Gasteiger partial charge in [-0.25, -0.2) is 0 Å². The molecule has 2 rings (SSSR count). The summed E-state index contributed by atoms with van der Waals surface area (Å²) >= 11 is 15.2. The summed E-state index contributed by atoms with van der Waals surface area (Å²) in [7, 11) is 0. The second kappa shape index (κ2) is 5.93. The van der Waals surface area contributed by atoms with Gasteiger partial charge in [-0.3, -0.25) is 0 Å². The topological polar surface area (TPSA) is 29.5 Å². The third kappa shape index (κ3) is 3.39. The highest BCUT2D eigenvalue weighted by Crippen LogP contribution is 2.33. The standard InChI is InChI=1S/C13H9BrCl2O2/c14-12-3-8(7-17)1-2-13(12)18-11-5-9(15)4-10(16)6-11/h1-6,17H,7H2. The smallest absolute Gasteiger partial charge is 0.141 e. The van der Waals surface area contributed by atoms with E-state index in [9.17, 15) is 0 Å². The molecular weight excluding hydrogens is 339 g/mol. The highest BCUT2D eigenvalue weighted by atomic mass is 79.9. The maximum Gasteiger partial charge on any atom is 0.141 e. The maximum absolute atomic E-state index is 9.02. The van der Waals surface area contributed by atoms with E-state index in [-0.39, 0.29) is 6.61 Å². The van der Waals surface area contributed by atoms with Crippen molar-refractivity contribution in [3.8, 4) is 11.5 Å². The van der Waals surface area contributed by atoms with Crippen LogP contribution >= 0.6 is 39.1 Å². The molecule has 1 N–H and O–H groups in total. The molecule has 5 heteroatoms. The summed E-state index contributed by atoms with van der Waals surface area (Å²) in [4.78, 5) is 0. The lowest BCUT2D eigenvalue weighted by Crippen LogP contribution is -1.88. The van der Waals surface area contributed by atoms with Crippen molar-refractivity contribution >= 4 is 39.1 Å². The largest absolute Gasteiger partial charge is 0.456 e. The second-order valence-electron chi connectivity index (χ2n) is 3.63. The van der Waals surface area contributed by atoms with Gasteiger partial charge in [0.2, 0.25) is 0 Å². The Bertz CT molecular complexity index is 553. The first-order valence-corrected chi connectivity index (χ1v) is 6.66. The third-order valence-electron chi connectivity index (χ3n) is 2.24. The van der Waals surface area contributed by atoms with Crippen LogP contribution in [-0.4, -0.2) is 5.11 Å². The zero-order valence-electron chi connectivity index (χ0n) is 9.16. The first-order valence-electron chi connectivity index (χ1n) is 5.12. The normalized spacial score (nSPS) is 10.4. The fourth-order valence-electron chi connectivity index (χ4n) is 1.44. The zero-order chi connectivity index (χ0) is 13.1. The van der Waals surface area contributed by atoms with Crippen LogP contribution in [0.1, 0.15) is 5.56 Å². The molecule has 0 unspecified atom stereocenters. The second-order valence-corrected chi connectivity index (χ2v) is 5.36. The van der Waals surface area contributed by atoms with Gasteiger partial charge < -0.3 is 9.84 Å². The van der Waals surface area contributed by atoms with E-state index in [1.807, 2.05) is 0 Å². The minimum Gasteiger partial charge on any atom is -0.456 e. The van der Waals surface area contributed by atoms with Crippen LogP contribution in [0.4, 0.5) is 0 Å². The summed E-state index contributed by atoms with van der Waals surface area (Å²) in [5, 5.41) is 10.0. The maximum atomic E-state index is 9.02. The first kappa shape index (κ1) is 13.7. The van der Waals surface area contributed by atoms with Crippen LogP contribution in [0.15, 0.2) is 40.9 Å². The molecular formula is C13H9BrCl2O2. The number of aliphatic hydroxyl groups is 1. The molecule has 0 spiro atoms. The summed E-state index contributed by atoms with van der Waals surface area (Å²) in [5.74, 6) is 1.19. The molecule has 2 aromatic carbocycles. The van der Waals surface area contributed by atoms with E-state index in [4.69, 9.17) is 33.0 Å². The highest BCUT2D eigenvalue weighted by Gasteiger charge is 2.05. The number of rotatable bonds is 3. The van der Waals surface area contributed by atoms with E-state index in [1.165, 1.54) is 0 Å². The molecule has 0 radical (unpaired) electrons. The Balaban J connectivity index is 2.28. The van der Waals surface area contributed by atoms with Gasteiger partial charge in [0.15, 0.2) is 0 Å². The fourth-order valence-corrected chi connectivity index (χ4v) is 2.45. The van der Waals surface area contributed by atoms with Gasteiger partial charge in [-0.1, -0.05) is 29.3 Å². The van der Waals surface area contributed by atoms with Crippen LogP contribution in [0.3, 0.4) is 0 Å². The Labute approximate surface area is 123 Å². The molecule has 94 valence electrons. The molecule has 0 aliphatic rings. The highest BCUT2D eigenvalue weighted by molar-refractivity contribution is 9.10. The lowest BCUT2D eigenvalue weighted by atomic mass is 10.2. The Morgan fingerprint density at radius 2 is 1.72 bits per heavy atom. The Morgan fingerprint density at radius 1 is 1.06 bits per heavy atom. The van der Waals surface area contributed by atoms with Crippen LogP contribution in [0.5, 0.6) is 11.5 Å². The Kier molecular flexibility index (Phi) is 4.51. The quantitative estimate of drug-likeness (QED) is 0.842. The Hall–Kier alpha value is -0.740. The summed E-state index contributed by atoms with van der Waals surface area (Å²) in [6.07, 6.45) is 0. The molecule has 0 aliphatic carbocycles. The van der Waals surface area contributed by atoms with Crippen LogP contribution in [0.25, 0.3) is 0 Å². The van der Waals surface area contributed by atoms with Gasteiger partial charge in [0.05, 0.1) is 11.1 Å². The molecule has 0 bridgehead atoms. The average molecular weight is 348 g/mol. The van der Waals surface area contributed by atoms with Crippen molar-refractivity contribution in [1.82, 2.24) is 0 Å². The lowest BCUT2D eigenvalue weighted by molar-refractivity contribution is 0.281. The summed E-state index contributed by atoms with van der Waals surface area (Å²) < 4.78 is 6.43. The number of ether oxygens (including phenoxy) is 1. The van der Waals surface area contributed by atoms with Gasteiger partial charge in [0, 0.05) is 10.0 Å². The number of hydrogen-bond donors (Lipinski definition) is 1. The molecule has 2 nitrogen and oxygen atoms in total. The number of halogens is 3. The van der Waals surface area contributed by atoms with Crippen molar-refractivity contribution in [3.63, 3.8) is 0 Å². The van der Waals surface area contributed by atoms with Crippen LogP contribution in [0, 0.1) is 0 Å². The van der Waals surface area contributed by atoms with E-state index in [0.29, 0.717) is 21.5 Å². The predicted octanol–water partition coefficient (Wildman–Crippen LogP) is 5.04. The number of aliphatic hydroxyl groups excluding tert-OH is 1. The zero-order valence-corrected chi connectivity index (χ0v) is 12.3. The van der Waals surface area contributed by atoms with Gasteiger partial charge in [-0.2, -0.15) is 0 Å². The van der Waals surface area contributed by atoms with Crippen molar-refractivity contribution in [3.05, 3.63) is 56.5 Å². The van der Waals surface area contributed by atoms with Crippen LogP contribution in [-0.2, 0) is 6.61 Å². The van der Waals surface area contributed by atoms with Crippen LogP contribution in [0.2, 0.25) is 10.0 Å². The Morgan fingerprint density at radius 3 is 2.28 bits per heavy atom. The molecule has 18 heavy (non-hydrogen) atoms. The molecule has 0 heterocycles. The van der Waals surface area contributed by atoms with E-state index in [2.05, 4.69) is 15.9 Å². The van der Waals surface area contributed by atoms with Gasteiger partial charge in [0.1, 0.15) is 11.5 Å². The molecule has 0 saturated carbocycles. The van der Waals surface area contributed by atoms with Crippen molar-refractivity contribution in [2.75, 3.05) is 0 Å². The van der Waals surface area contributed by atoms with Gasteiger partial charge in [-0.15, -0.1) is 0 Å². The summed E-state index contributed by atoms with van der Waals surface area (Å²) in [6.45, 7) is -0.0120.